The maximum atomic E-state index is 12.5. The zero-order valence-corrected chi connectivity index (χ0v) is 16.0. The minimum Gasteiger partial charge on any atom is -0.399 e. The lowest BCUT2D eigenvalue weighted by atomic mass is 9.97. The molecule has 8 heteroatoms. The molecule has 149 valence electrons. The number of amides is 2. The number of anilines is 1. The Bertz CT molecular complexity index is 961. The molecule has 2 amide bonds. The van der Waals surface area contributed by atoms with Gasteiger partial charge >= 0.3 is 0 Å². The Kier molecular flexibility index (Phi) is 5.92. The van der Waals surface area contributed by atoms with Crippen molar-refractivity contribution in [1.29, 1.82) is 0 Å². The van der Waals surface area contributed by atoms with Gasteiger partial charge in [-0.2, -0.15) is 0 Å². The summed E-state index contributed by atoms with van der Waals surface area (Å²) in [5.74, 6) is -0.208. The summed E-state index contributed by atoms with van der Waals surface area (Å²) >= 11 is 0. The van der Waals surface area contributed by atoms with Crippen LogP contribution in [0.4, 0.5) is 11.4 Å². The summed E-state index contributed by atoms with van der Waals surface area (Å²) in [6, 6.07) is 12.5. The average Bonchev–Trinajstić information content (AvgIpc) is 2.72. The van der Waals surface area contributed by atoms with E-state index >= 15 is 0 Å². The second-order valence-electron chi connectivity index (χ2n) is 6.70. The SMILES string of the molecule is CC(=O)N1CCN(C(=O)/C=C/c2cc[c]c([N+](=O)[O-])c2-c2ccc(N)cc2)CC1. The van der Waals surface area contributed by atoms with Crippen LogP contribution in [0.1, 0.15) is 12.5 Å². The molecule has 2 aromatic rings. The highest BCUT2D eigenvalue weighted by atomic mass is 16.6. The summed E-state index contributed by atoms with van der Waals surface area (Å²) in [7, 11) is 0. The summed E-state index contributed by atoms with van der Waals surface area (Å²) in [6.45, 7) is 3.41. The molecule has 29 heavy (non-hydrogen) atoms. The number of hydrogen-bond donors (Lipinski definition) is 1. The van der Waals surface area contributed by atoms with E-state index in [1.54, 1.807) is 46.2 Å². The summed E-state index contributed by atoms with van der Waals surface area (Å²) in [6.07, 6.45) is 2.98. The predicted octanol–water partition coefficient (Wildman–Crippen LogP) is 2.35. The molecule has 2 aromatic carbocycles. The largest absolute Gasteiger partial charge is 0.399 e. The van der Waals surface area contributed by atoms with Gasteiger partial charge in [0.15, 0.2) is 0 Å². The Morgan fingerprint density at radius 1 is 1.10 bits per heavy atom. The highest BCUT2D eigenvalue weighted by Gasteiger charge is 2.22. The maximum absolute atomic E-state index is 12.5. The van der Waals surface area contributed by atoms with Crippen molar-refractivity contribution >= 4 is 29.3 Å². The van der Waals surface area contributed by atoms with Gasteiger partial charge in [0.2, 0.25) is 11.8 Å². The van der Waals surface area contributed by atoms with Crippen molar-refractivity contribution in [3.05, 3.63) is 64.2 Å². The standard InChI is InChI=1S/C21H21N4O4/c1-15(26)23-11-13-24(14-12-23)20(27)10-7-16-3-2-4-19(25(28)29)21(16)17-5-8-18(22)9-6-17/h2-3,5-10H,11-14,22H2,1H3/b10-7+. The Morgan fingerprint density at radius 2 is 1.72 bits per heavy atom. The minimum atomic E-state index is -0.494. The Labute approximate surface area is 168 Å². The van der Waals surface area contributed by atoms with E-state index in [2.05, 4.69) is 6.07 Å². The first-order chi connectivity index (χ1) is 13.9. The number of rotatable bonds is 4. The number of benzene rings is 2. The van der Waals surface area contributed by atoms with Gasteiger partial charge in [-0.15, -0.1) is 0 Å². The monoisotopic (exact) mass is 393 g/mol. The lowest BCUT2D eigenvalue weighted by Gasteiger charge is -2.33. The van der Waals surface area contributed by atoms with Crippen LogP contribution in [0.25, 0.3) is 17.2 Å². The number of nitrogen functional groups attached to an aromatic ring is 1. The van der Waals surface area contributed by atoms with E-state index in [0.29, 0.717) is 48.6 Å². The van der Waals surface area contributed by atoms with Crippen molar-refractivity contribution in [2.75, 3.05) is 31.9 Å². The van der Waals surface area contributed by atoms with Gasteiger partial charge in [0.25, 0.3) is 5.69 Å². The molecule has 2 N–H and O–H groups in total. The Morgan fingerprint density at radius 3 is 2.31 bits per heavy atom. The molecule has 0 bridgehead atoms. The third kappa shape index (κ3) is 4.60. The summed E-state index contributed by atoms with van der Waals surface area (Å²) in [4.78, 5) is 38.3. The average molecular weight is 393 g/mol. The molecule has 8 nitrogen and oxygen atoms in total. The fourth-order valence-electron chi connectivity index (χ4n) is 3.25. The molecule has 1 fully saturated rings. The fraction of sp³-hybridized carbons (Fsp3) is 0.238. The molecule has 3 rings (SSSR count). The van der Waals surface area contributed by atoms with Gasteiger partial charge in [0, 0.05) is 44.9 Å². The molecule has 0 unspecified atom stereocenters. The smallest absolute Gasteiger partial charge is 0.285 e. The van der Waals surface area contributed by atoms with Gasteiger partial charge in [-0.25, -0.2) is 0 Å². The van der Waals surface area contributed by atoms with Crippen molar-refractivity contribution in [1.82, 2.24) is 9.80 Å². The van der Waals surface area contributed by atoms with E-state index < -0.39 is 4.92 Å². The van der Waals surface area contributed by atoms with Crippen molar-refractivity contribution in [2.24, 2.45) is 0 Å². The second kappa shape index (κ2) is 8.55. The third-order valence-corrected chi connectivity index (χ3v) is 4.83. The van der Waals surface area contributed by atoms with E-state index in [4.69, 9.17) is 5.73 Å². The normalized spacial score (nSPS) is 14.2. The van der Waals surface area contributed by atoms with Gasteiger partial charge in [0.1, 0.15) is 0 Å². The Hall–Kier alpha value is -3.68. The molecule has 1 aliphatic heterocycles. The van der Waals surface area contributed by atoms with Crippen LogP contribution in [0.3, 0.4) is 0 Å². The van der Waals surface area contributed by atoms with Gasteiger partial charge in [-0.1, -0.05) is 18.2 Å². The summed E-state index contributed by atoms with van der Waals surface area (Å²) in [5.41, 5.74) is 7.63. The molecular formula is C21H21N4O4. The van der Waals surface area contributed by atoms with Crippen LogP contribution in [0, 0.1) is 16.2 Å². The molecule has 0 aliphatic carbocycles. The number of nitro benzene ring substituents is 1. The number of carbonyl (C=O) groups excluding carboxylic acids is 2. The lowest BCUT2D eigenvalue weighted by Crippen LogP contribution is -2.49. The molecule has 1 aliphatic rings. The molecule has 0 aromatic heterocycles. The second-order valence-corrected chi connectivity index (χ2v) is 6.70. The highest BCUT2D eigenvalue weighted by molar-refractivity contribution is 5.94. The van der Waals surface area contributed by atoms with Crippen molar-refractivity contribution in [3.8, 4) is 11.1 Å². The van der Waals surface area contributed by atoms with Gasteiger partial charge < -0.3 is 15.5 Å². The first kappa shape index (κ1) is 20.1. The molecular weight excluding hydrogens is 372 g/mol. The topological polar surface area (TPSA) is 110 Å². The predicted molar refractivity (Wildman–Crippen MR) is 110 cm³/mol. The number of piperazine rings is 1. The zero-order valence-electron chi connectivity index (χ0n) is 16.0. The summed E-state index contributed by atoms with van der Waals surface area (Å²) in [5, 5.41) is 11.5. The minimum absolute atomic E-state index is 0.00590. The molecule has 0 atom stereocenters. The quantitative estimate of drug-likeness (QED) is 0.371. The molecule has 1 heterocycles. The van der Waals surface area contributed by atoms with Crippen molar-refractivity contribution in [3.63, 3.8) is 0 Å². The fourth-order valence-corrected chi connectivity index (χ4v) is 3.25. The number of nitrogens with zero attached hydrogens (tertiary/aromatic N) is 3. The van der Waals surface area contributed by atoms with Crippen LogP contribution in [-0.2, 0) is 9.59 Å². The van der Waals surface area contributed by atoms with E-state index in [1.807, 2.05) is 0 Å². The van der Waals surface area contributed by atoms with Crippen LogP contribution in [-0.4, -0.2) is 52.7 Å². The molecule has 0 spiro atoms. The zero-order chi connectivity index (χ0) is 21.0. The van der Waals surface area contributed by atoms with Gasteiger partial charge in [-0.3, -0.25) is 19.7 Å². The lowest BCUT2D eigenvalue weighted by molar-refractivity contribution is -0.384. The van der Waals surface area contributed by atoms with Gasteiger partial charge in [-0.05, 0) is 35.4 Å². The first-order valence-corrected chi connectivity index (χ1v) is 9.14. The van der Waals surface area contributed by atoms with Crippen LogP contribution in [0.2, 0.25) is 0 Å². The van der Waals surface area contributed by atoms with E-state index in [-0.39, 0.29) is 17.5 Å². The Balaban J connectivity index is 1.86. The van der Waals surface area contributed by atoms with Gasteiger partial charge in [0.05, 0.1) is 16.6 Å². The van der Waals surface area contributed by atoms with E-state index in [1.165, 1.54) is 19.1 Å². The number of carbonyl (C=O) groups is 2. The molecule has 1 radical (unpaired) electrons. The van der Waals surface area contributed by atoms with Crippen LogP contribution < -0.4 is 5.73 Å². The maximum Gasteiger partial charge on any atom is 0.285 e. The molecule has 1 saturated heterocycles. The van der Waals surface area contributed by atoms with E-state index in [9.17, 15) is 19.7 Å². The summed E-state index contributed by atoms with van der Waals surface area (Å²) < 4.78 is 0. The van der Waals surface area contributed by atoms with Crippen LogP contribution in [0.15, 0.2) is 42.5 Å². The number of nitrogens with two attached hydrogens (primary N) is 1. The first-order valence-electron chi connectivity index (χ1n) is 9.14. The number of hydrogen-bond acceptors (Lipinski definition) is 5. The highest BCUT2D eigenvalue weighted by Crippen LogP contribution is 2.34. The molecule has 0 saturated carbocycles. The van der Waals surface area contributed by atoms with E-state index in [0.717, 1.165) is 0 Å². The van der Waals surface area contributed by atoms with Crippen LogP contribution in [0.5, 0.6) is 0 Å². The number of nitro groups is 1. The van der Waals surface area contributed by atoms with Crippen molar-refractivity contribution < 1.29 is 14.5 Å². The third-order valence-electron chi connectivity index (χ3n) is 4.83. The van der Waals surface area contributed by atoms with Crippen molar-refractivity contribution in [2.45, 2.75) is 6.92 Å². The van der Waals surface area contributed by atoms with Crippen LogP contribution >= 0.6 is 0 Å².